The van der Waals surface area contributed by atoms with E-state index in [4.69, 9.17) is 14.2 Å². The molecule has 0 spiro atoms. The summed E-state index contributed by atoms with van der Waals surface area (Å²) in [4.78, 5) is 25.2. The molecule has 1 heterocycles. The van der Waals surface area contributed by atoms with Crippen molar-refractivity contribution >= 4 is 11.9 Å². The number of fused-ring (bicyclic) bond motifs is 10. The van der Waals surface area contributed by atoms with Crippen LogP contribution < -0.4 is 0 Å². The highest BCUT2D eigenvalue weighted by atomic mass is 16.6. The molecule has 1 aliphatic heterocycles. The highest BCUT2D eigenvalue weighted by Crippen LogP contribution is 2.67. The van der Waals surface area contributed by atoms with Crippen molar-refractivity contribution in [3.8, 4) is 0 Å². The lowest BCUT2D eigenvalue weighted by molar-refractivity contribution is -0.177. The van der Waals surface area contributed by atoms with Crippen molar-refractivity contribution in [2.75, 3.05) is 6.61 Å². The Balaban J connectivity index is 1.10. The average Bonchev–Trinajstić information content (AvgIpc) is 3.51. The second kappa shape index (κ2) is 6.15. The van der Waals surface area contributed by atoms with Crippen LogP contribution in [-0.4, -0.2) is 36.4 Å². The van der Waals surface area contributed by atoms with Crippen molar-refractivity contribution in [1.29, 1.82) is 0 Å². The molecule has 6 fully saturated rings. The second-order valence-corrected chi connectivity index (χ2v) is 12.3. The van der Waals surface area contributed by atoms with Gasteiger partial charge in [0.05, 0.1) is 18.6 Å². The lowest BCUT2D eigenvalue weighted by atomic mass is 9.69. The fourth-order valence-corrected chi connectivity index (χ4v) is 10.2. The molecular formula is C26H34O5. The number of carbonyl (C=O) groups excluding carboxylic acids is 2. The SMILES string of the molecule is CC(=O)OC(C)(C)C1C2COC3C2CC1C3OC(=O)C1CC2CC1C1C3C=CC(C3)C21. The lowest BCUT2D eigenvalue weighted by Crippen LogP contribution is -2.50. The Bertz CT molecular complexity index is 862. The van der Waals surface area contributed by atoms with Crippen molar-refractivity contribution in [3.63, 3.8) is 0 Å². The molecule has 0 aromatic heterocycles. The standard InChI is InChI=1S/C26H34O5/c1-11(27)31-26(2,3)22-18-9-16-19(22)10-29-23(16)24(18)30-25(28)17-8-14-7-15(17)21-13-5-4-12(6-13)20(14)21/h4-5,12-24H,6-10H2,1-3H3. The molecule has 13 unspecified atom stereocenters. The molecule has 31 heavy (non-hydrogen) atoms. The Morgan fingerprint density at radius 3 is 2.48 bits per heavy atom. The lowest BCUT2D eigenvalue weighted by Gasteiger charge is -2.42. The monoisotopic (exact) mass is 426 g/mol. The summed E-state index contributed by atoms with van der Waals surface area (Å²) >= 11 is 0. The van der Waals surface area contributed by atoms with E-state index in [-0.39, 0.29) is 41.9 Å². The Labute approximate surface area is 184 Å². The molecule has 5 heteroatoms. The largest absolute Gasteiger partial charge is 0.460 e. The molecule has 0 amide bonds. The highest BCUT2D eigenvalue weighted by Gasteiger charge is 2.68. The molecule has 7 aliphatic rings. The number of esters is 2. The number of ether oxygens (including phenoxy) is 3. The number of hydrogen-bond donors (Lipinski definition) is 0. The minimum Gasteiger partial charge on any atom is -0.460 e. The van der Waals surface area contributed by atoms with Gasteiger partial charge in [-0.05, 0) is 86.9 Å². The van der Waals surface area contributed by atoms with Crippen LogP contribution in [0.25, 0.3) is 0 Å². The maximum atomic E-state index is 13.5. The molecule has 0 aromatic rings. The average molecular weight is 427 g/mol. The molecule has 168 valence electrons. The third-order valence-corrected chi connectivity index (χ3v) is 10.7. The highest BCUT2D eigenvalue weighted by molar-refractivity contribution is 5.74. The molecule has 5 nitrogen and oxygen atoms in total. The third kappa shape index (κ3) is 2.42. The predicted molar refractivity (Wildman–Crippen MR) is 111 cm³/mol. The van der Waals surface area contributed by atoms with Gasteiger partial charge >= 0.3 is 11.9 Å². The summed E-state index contributed by atoms with van der Waals surface area (Å²) in [6.07, 6.45) is 9.35. The first-order valence-corrected chi connectivity index (χ1v) is 12.5. The minimum absolute atomic E-state index is 0.0337. The fraction of sp³-hybridized carbons (Fsp3) is 0.846. The van der Waals surface area contributed by atoms with Crippen molar-refractivity contribution < 1.29 is 23.8 Å². The molecule has 0 radical (unpaired) electrons. The summed E-state index contributed by atoms with van der Waals surface area (Å²) in [5, 5.41) is 0. The summed E-state index contributed by atoms with van der Waals surface area (Å²) in [6.45, 7) is 6.21. The van der Waals surface area contributed by atoms with Crippen molar-refractivity contribution in [2.45, 2.75) is 64.3 Å². The van der Waals surface area contributed by atoms with E-state index in [1.165, 1.54) is 19.8 Å². The summed E-state index contributed by atoms with van der Waals surface area (Å²) in [6, 6.07) is 0. The van der Waals surface area contributed by atoms with Gasteiger partial charge in [0, 0.05) is 18.8 Å². The van der Waals surface area contributed by atoms with Gasteiger partial charge in [-0.3, -0.25) is 9.59 Å². The maximum Gasteiger partial charge on any atom is 0.309 e. The van der Waals surface area contributed by atoms with Crippen LogP contribution in [0.1, 0.15) is 46.5 Å². The molecule has 1 saturated heterocycles. The molecule has 13 atom stereocenters. The van der Waals surface area contributed by atoms with Crippen molar-refractivity contribution in [1.82, 2.24) is 0 Å². The molecule has 7 rings (SSSR count). The van der Waals surface area contributed by atoms with Crippen LogP contribution in [0.15, 0.2) is 12.2 Å². The topological polar surface area (TPSA) is 61.8 Å². The molecule has 5 saturated carbocycles. The van der Waals surface area contributed by atoms with Gasteiger partial charge in [-0.1, -0.05) is 12.2 Å². The quantitative estimate of drug-likeness (QED) is 0.390. The first-order chi connectivity index (χ1) is 14.8. The third-order valence-electron chi connectivity index (χ3n) is 10.7. The van der Waals surface area contributed by atoms with Crippen molar-refractivity contribution in [3.05, 3.63) is 12.2 Å². The molecule has 6 aliphatic carbocycles. The Morgan fingerprint density at radius 2 is 1.71 bits per heavy atom. The van der Waals surface area contributed by atoms with E-state index < -0.39 is 5.60 Å². The zero-order valence-electron chi connectivity index (χ0n) is 18.7. The first kappa shape index (κ1) is 19.1. The minimum atomic E-state index is -0.561. The maximum absolute atomic E-state index is 13.5. The Kier molecular flexibility index (Phi) is 3.80. The Hall–Kier alpha value is -1.36. The number of rotatable bonds is 4. The predicted octanol–water partition coefficient (Wildman–Crippen LogP) is 3.62. The fourth-order valence-electron chi connectivity index (χ4n) is 10.2. The smallest absolute Gasteiger partial charge is 0.309 e. The number of hydrogen-bond acceptors (Lipinski definition) is 5. The van der Waals surface area contributed by atoms with E-state index in [0.29, 0.717) is 36.2 Å². The van der Waals surface area contributed by atoms with Gasteiger partial charge in [0.15, 0.2) is 0 Å². The van der Waals surface area contributed by atoms with Crippen LogP contribution in [0.2, 0.25) is 0 Å². The van der Waals surface area contributed by atoms with Gasteiger partial charge in [-0.2, -0.15) is 0 Å². The first-order valence-electron chi connectivity index (χ1n) is 12.5. The number of carbonyl (C=O) groups is 2. The van der Waals surface area contributed by atoms with E-state index >= 15 is 0 Å². The van der Waals surface area contributed by atoms with Crippen LogP contribution in [0, 0.1) is 65.1 Å². The molecule has 0 N–H and O–H groups in total. The van der Waals surface area contributed by atoms with E-state index in [0.717, 1.165) is 30.6 Å². The van der Waals surface area contributed by atoms with Gasteiger partial charge in [-0.25, -0.2) is 0 Å². The zero-order valence-corrected chi connectivity index (χ0v) is 18.7. The van der Waals surface area contributed by atoms with Crippen LogP contribution in [0.4, 0.5) is 0 Å². The normalized spacial score (nSPS) is 54.6. The van der Waals surface area contributed by atoms with E-state index in [1.54, 1.807) is 0 Å². The summed E-state index contributed by atoms with van der Waals surface area (Å²) in [5.74, 6) is 5.41. The summed E-state index contributed by atoms with van der Waals surface area (Å²) in [5.41, 5.74) is -0.561. The molecule has 6 bridgehead atoms. The number of allylic oxidation sites excluding steroid dienone is 2. The van der Waals surface area contributed by atoms with Crippen LogP contribution in [0.3, 0.4) is 0 Å². The van der Waals surface area contributed by atoms with Crippen LogP contribution in [0.5, 0.6) is 0 Å². The van der Waals surface area contributed by atoms with Gasteiger partial charge in [-0.15, -0.1) is 0 Å². The second-order valence-electron chi connectivity index (χ2n) is 12.3. The summed E-state index contributed by atoms with van der Waals surface area (Å²) < 4.78 is 18.3. The summed E-state index contributed by atoms with van der Waals surface area (Å²) in [7, 11) is 0. The van der Waals surface area contributed by atoms with Gasteiger partial charge in [0.1, 0.15) is 11.7 Å². The van der Waals surface area contributed by atoms with E-state index in [2.05, 4.69) is 12.2 Å². The molecule has 0 aromatic carbocycles. The van der Waals surface area contributed by atoms with Crippen molar-refractivity contribution in [2.24, 2.45) is 65.1 Å². The van der Waals surface area contributed by atoms with Crippen LogP contribution in [-0.2, 0) is 23.8 Å². The molecular weight excluding hydrogens is 392 g/mol. The van der Waals surface area contributed by atoms with E-state index in [9.17, 15) is 9.59 Å². The zero-order chi connectivity index (χ0) is 21.2. The Morgan fingerprint density at radius 1 is 0.935 bits per heavy atom. The van der Waals surface area contributed by atoms with Crippen LogP contribution >= 0.6 is 0 Å². The van der Waals surface area contributed by atoms with Gasteiger partial charge < -0.3 is 14.2 Å². The van der Waals surface area contributed by atoms with Gasteiger partial charge in [0.2, 0.25) is 0 Å². The van der Waals surface area contributed by atoms with E-state index in [1.807, 2.05) is 13.8 Å². The van der Waals surface area contributed by atoms with Gasteiger partial charge in [0.25, 0.3) is 0 Å².